The number of aliphatic hydroxyl groups excluding tert-OH is 1. The van der Waals surface area contributed by atoms with Crippen LogP contribution in [0.2, 0.25) is 0 Å². The van der Waals surface area contributed by atoms with Crippen LogP contribution in [0.25, 0.3) is 0 Å². The molecule has 1 heterocycles. The van der Waals surface area contributed by atoms with Gasteiger partial charge in [0.1, 0.15) is 5.75 Å². The first-order chi connectivity index (χ1) is 9.54. The van der Waals surface area contributed by atoms with Gasteiger partial charge in [0.25, 0.3) is 5.91 Å². The molecule has 5 nitrogen and oxygen atoms in total. The molecule has 0 atom stereocenters. The van der Waals surface area contributed by atoms with E-state index in [1.54, 1.807) is 25.1 Å². The van der Waals surface area contributed by atoms with Crippen molar-refractivity contribution in [2.75, 3.05) is 5.32 Å². The number of aliphatic hydroxyl groups is 1. The Morgan fingerprint density at radius 3 is 2.75 bits per heavy atom. The molecule has 104 valence electrons. The third-order valence-electron chi connectivity index (χ3n) is 3.28. The molecule has 0 saturated carbocycles. The Kier molecular flexibility index (Phi) is 4.00. The van der Waals surface area contributed by atoms with Gasteiger partial charge in [0, 0.05) is 11.8 Å². The smallest absolute Gasteiger partial charge is 0.259 e. The first kappa shape index (κ1) is 14.0. The monoisotopic (exact) mass is 272 g/mol. The van der Waals surface area contributed by atoms with Crippen molar-refractivity contribution >= 4 is 11.6 Å². The van der Waals surface area contributed by atoms with Crippen molar-refractivity contribution in [2.45, 2.75) is 20.5 Å². The molecular formula is C15H16N2O3. The average molecular weight is 272 g/mol. The Balaban J connectivity index is 2.31. The van der Waals surface area contributed by atoms with Gasteiger partial charge in [-0.05, 0) is 37.1 Å². The number of phenolic OH excluding ortho intramolecular Hbond substituents is 1. The van der Waals surface area contributed by atoms with E-state index in [4.69, 9.17) is 0 Å². The molecule has 0 unspecified atom stereocenters. The summed E-state index contributed by atoms with van der Waals surface area (Å²) >= 11 is 0. The Morgan fingerprint density at radius 1 is 1.30 bits per heavy atom. The highest BCUT2D eigenvalue weighted by Crippen LogP contribution is 2.26. The van der Waals surface area contributed by atoms with Crippen LogP contribution in [0.5, 0.6) is 5.75 Å². The minimum Gasteiger partial charge on any atom is -0.507 e. The van der Waals surface area contributed by atoms with Gasteiger partial charge in [0.05, 0.1) is 24.1 Å². The Morgan fingerprint density at radius 2 is 2.05 bits per heavy atom. The number of aromatic hydroxyl groups is 1. The molecule has 0 fully saturated rings. The topological polar surface area (TPSA) is 82.5 Å². The molecule has 0 aliphatic heterocycles. The zero-order chi connectivity index (χ0) is 14.7. The van der Waals surface area contributed by atoms with E-state index in [-0.39, 0.29) is 17.9 Å². The van der Waals surface area contributed by atoms with E-state index >= 15 is 0 Å². The zero-order valence-corrected chi connectivity index (χ0v) is 11.3. The number of anilines is 1. The first-order valence-electron chi connectivity index (χ1n) is 6.19. The number of carbonyl (C=O) groups excluding carboxylic acids is 1. The van der Waals surface area contributed by atoms with E-state index in [0.29, 0.717) is 16.8 Å². The Bertz CT molecular complexity index is 654. The SMILES string of the molecule is Cc1ccc(C(=O)Nc2cnccc2CO)c(O)c1C. The normalized spacial score (nSPS) is 10.3. The lowest BCUT2D eigenvalue weighted by Gasteiger charge is -2.11. The molecule has 0 aliphatic rings. The Hall–Kier alpha value is -2.40. The van der Waals surface area contributed by atoms with Gasteiger partial charge in [-0.25, -0.2) is 0 Å². The fraction of sp³-hybridized carbons (Fsp3) is 0.200. The molecule has 0 bridgehead atoms. The molecule has 2 rings (SSSR count). The second-order valence-electron chi connectivity index (χ2n) is 4.55. The third-order valence-corrected chi connectivity index (χ3v) is 3.28. The van der Waals surface area contributed by atoms with Gasteiger partial charge in [-0.3, -0.25) is 9.78 Å². The maximum absolute atomic E-state index is 12.2. The summed E-state index contributed by atoms with van der Waals surface area (Å²) in [5.74, 6) is -0.467. The highest BCUT2D eigenvalue weighted by atomic mass is 16.3. The summed E-state index contributed by atoms with van der Waals surface area (Å²) in [6.07, 6.45) is 3.00. The van der Waals surface area contributed by atoms with Crippen molar-refractivity contribution < 1.29 is 15.0 Å². The maximum Gasteiger partial charge on any atom is 0.259 e. The molecule has 20 heavy (non-hydrogen) atoms. The number of rotatable bonds is 3. The molecule has 1 amide bonds. The minimum atomic E-state index is -0.437. The minimum absolute atomic E-state index is 0.0306. The van der Waals surface area contributed by atoms with Crippen LogP contribution in [-0.2, 0) is 6.61 Å². The number of amides is 1. The van der Waals surface area contributed by atoms with Crippen LogP contribution in [0.3, 0.4) is 0 Å². The number of hydrogen-bond acceptors (Lipinski definition) is 4. The predicted octanol–water partition coefficient (Wildman–Crippen LogP) is 2.15. The summed E-state index contributed by atoms with van der Waals surface area (Å²) in [6, 6.07) is 4.97. The van der Waals surface area contributed by atoms with Gasteiger partial charge < -0.3 is 15.5 Å². The van der Waals surface area contributed by atoms with Crippen molar-refractivity contribution in [1.29, 1.82) is 0 Å². The molecule has 3 N–H and O–H groups in total. The fourth-order valence-corrected chi connectivity index (χ4v) is 1.85. The van der Waals surface area contributed by atoms with Crippen molar-refractivity contribution in [1.82, 2.24) is 4.98 Å². The van der Waals surface area contributed by atoms with E-state index in [0.717, 1.165) is 5.56 Å². The van der Waals surface area contributed by atoms with Crippen molar-refractivity contribution in [2.24, 2.45) is 0 Å². The van der Waals surface area contributed by atoms with Crippen LogP contribution in [0.4, 0.5) is 5.69 Å². The van der Waals surface area contributed by atoms with Crippen molar-refractivity contribution in [3.8, 4) is 5.75 Å². The lowest BCUT2D eigenvalue weighted by Crippen LogP contribution is -2.14. The van der Waals surface area contributed by atoms with Gasteiger partial charge >= 0.3 is 0 Å². The summed E-state index contributed by atoms with van der Waals surface area (Å²) < 4.78 is 0. The first-order valence-corrected chi connectivity index (χ1v) is 6.19. The van der Waals surface area contributed by atoms with Crippen LogP contribution < -0.4 is 5.32 Å². The van der Waals surface area contributed by atoms with E-state index < -0.39 is 5.91 Å². The largest absolute Gasteiger partial charge is 0.507 e. The summed E-state index contributed by atoms with van der Waals surface area (Å²) in [5, 5.41) is 21.9. The number of carbonyl (C=O) groups is 1. The van der Waals surface area contributed by atoms with Crippen LogP contribution >= 0.6 is 0 Å². The molecule has 1 aromatic carbocycles. The number of benzene rings is 1. The van der Waals surface area contributed by atoms with Crippen molar-refractivity contribution in [3.05, 3.63) is 52.8 Å². The number of nitrogens with zero attached hydrogens (tertiary/aromatic N) is 1. The second kappa shape index (κ2) is 5.71. The van der Waals surface area contributed by atoms with Gasteiger partial charge in [-0.1, -0.05) is 6.07 Å². The second-order valence-corrected chi connectivity index (χ2v) is 4.55. The van der Waals surface area contributed by atoms with Gasteiger partial charge in [0.15, 0.2) is 0 Å². The molecule has 2 aromatic rings. The lowest BCUT2D eigenvalue weighted by molar-refractivity contribution is 0.102. The molecule has 0 spiro atoms. The molecule has 1 aromatic heterocycles. The number of aryl methyl sites for hydroxylation is 1. The number of phenols is 1. The number of aromatic nitrogens is 1. The van der Waals surface area contributed by atoms with Gasteiger partial charge in [0.2, 0.25) is 0 Å². The highest BCUT2D eigenvalue weighted by Gasteiger charge is 2.15. The summed E-state index contributed by atoms with van der Waals surface area (Å²) in [6.45, 7) is 3.42. The van der Waals surface area contributed by atoms with E-state index in [2.05, 4.69) is 10.3 Å². The third kappa shape index (κ3) is 2.62. The van der Waals surface area contributed by atoms with E-state index in [1.165, 1.54) is 12.4 Å². The van der Waals surface area contributed by atoms with Crippen LogP contribution in [0.15, 0.2) is 30.6 Å². The standard InChI is InChI=1S/C15H16N2O3/c1-9-3-4-12(14(19)10(9)2)15(20)17-13-7-16-6-5-11(13)8-18/h3-7,18-19H,8H2,1-2H3,(H,17,20). The summed E-state index contributed by atoms with van der Waals surface area (Å²) in [4.78, 5) is 16.1. The molecule has 0 saturated heterocycles. The van der Waals surface area contributed by atoms with Crippen LogP contribution in [0, 0.1) is 13.8 Å². The number of pyridine rings is 1. The highest BCUT2D eigenvalue weighted by molar-refractivity contribution is 6.06. The maximum atomic E-state index is 12.2. The van der Waals surface area contributed by atoms with Crippen LogP contribution in [0.1, 0.15) is 27.0 Å². The zero-order valence-electron chi connectivity index (χ0n) is 11.3. The molecule has 5 heteroatoms. The van der Waals surface area contributed by atoms with Gasteiger partial charge in [-0.2, -0.15) is 0 Å². The molecule has 0 aliphatic carbocycles. The summed E-state index contributed by atoms with van der Waals surface area (Å²) in [5.41, 5.74) is 2.78. The summed E-state index contributed by atoms with van der Waals surface area (Å²) in [7, 11) is 0. The molecular weight excluding hydrogens is 256 g/mol. The Labute approximate surface area is 116 Å². The molecule has 0 radical (unpaired) electrons. The average Bonchev–Trinajstić information content (AvgIpc) is 2.45. The lowest BCUT2D eigenvalue weighted by atomic mass is 10.0. The number of nitrogens with one attached hydrogen (secondary N) is 1. The van der Waals surface area contributed by atoms with E-state index in [9.17, 15) is 15.0 Å². The van der Waals surface area contributed by atoms with E-state index in [1.807, 2.05) is 6.92 Å². The predicted molar refractivity (Wildman–Crippen MR) is 75.7 cm³/mol. The quantitative estimate of drug-likeness (QED) is 0.799. The fourth-order valence-electron chi connectivity index (χ4n) is 1.85. The van der Waals surface area contributed by atoms with Gasteiger partial charge in [-0.15, -0.1) is 0 Å². The number of hydrogen-bond donors (Lipinski definition) is 3. The van der Waals surface area contributed by atoms with Crippen molar-refractivity contribution in [3.63, 3.8) is 0 Å². The van der Waals surface area contributed by atoms with Crippen LogP contribution in [-0.4, -0.2) is 21.1 Å².